The lowest BCUT2D eigenvalue weighted by Gasteiger charge is -2.01. The number of fused-ring (bicyclic) bond motifs is 1. The molecule has 0 atom stereocenters. The molecule has 3 nitrogen and oxygen atoms in total. The highest BCUT2D eigenvalue weighted by molar-refractivity contribution is 6.34. The molecule has 4 heteroatoms. The number of carbonyl (C=O) groups is 1. The fourth-order valence-electron chi connectivity index (χ4n) is 1.47. The average Bonchev–Trinajstić information content (AvgIpc) is 2.32. The Bertz CT molecular complexity index is 641. The standard InChI is InChI=1S/C13H8ClNO2/c14-13-11-6-2-1-5-10(11)9(8-15-13)4-3-7-12(16)17/h1-2,5-6,8H,7H2,(H,16,17). The predicted molar refractivity (Wildman–Crippen MR) is 65.9 cm³/mol. The van der Waals surface area contributed by atoms with Crippen molar-refractivity contribution in [3.8, 4) is 11.8 Å². The molecule has 0 amide bonds. The van der Waals surface area contributed by atoms with Crippen molar-refractivity contribution in [3.05, 3.63) is 41.2 Å². The highest BCUT2D eigenvalue weighted by atomic mass is 35.5. The molecule has 0 aliphatic rings. The minimum absolute atomic E-state index is 0.184. The van der Waals surface area contributed by atoms with Crippen molar-refractivity contribution in [2.24, 2.45) is 0 Å². The highest BCUT2D eigenvalue weighted by Gasteiger charge is 2.03. The Balaban J connectivity index is 2.51. The highest BCUT2D eigenvalue weighted by Crippen LogP contribution is 2.23. The zero-order valence-electron chi connectivity index (χ0n) is 8.77. The van der Waals surface area contributed by atoms with Gasteiger partial charge in [-0.05, 0) is 0 Å². The van der Waals surface area contributed by atoms with Gasteiger partial charge >= 0.3 is 5.97 Å². The number of hydrogen-bond acceptors (Lipinski definition) is 2. The summed E-state index contributed by atoms with van der Waals surface area (Å²) in [4.78, 5) is 14.4. The first-order chi connectivity index (χ1) is 8.18. The zero-order valence-corrected chi connectivity index (χ0v) is 9.53. The van der Waals surface area contributed by atoms with Gasteiger partial charge in [-0.2, -0.15) is 0 Å². The van der Waals surface area contributed by atoms with Crippen LogP contribution in [0.3, 0.4) is 0 Å². The molecule has 1 N–H and O–H groups in total. The van der Waals surface area contributed by atoms with Crippen LogP contribution in [-0.4, -0.2) is 16.1 Å². The normalized spacial score (nSPS) is 9.71. The third kappa shape index (κ3) is 2.55. The molecule has 0 unspecified atom stereocenters. The van der Waals surface area contributed by atoms with Crippen molar-refractivity contribution in [1.82, 2.24) is 4.98 Å². The van der Waals surface area contributed by atoms with Crippen LogP contribution in [0.15, 0.2) is 30.5 Å². The van der Waals surface area contributed by atoms with Gasteiger partial charge in [-0.15, -0.1) is 0 Å². The molecule has 0 aliphatic carbocycles. The summed E-state index contributed by atoms with van der Waals surface area (Å²) < 4.78 is 0. The number of pyridine rings is 1. The molecule has 0 saturated heterocycles. The number of aliphatic carboxylic acids is 1. The maximum absolute atomic E-state index is 10.4. The number of halogens is 1. The molecule has 0 saturated carbocycles. The first kappa shape index (κ1) is 11.4. The van der Waals surface area contributed by atoms with E-state index in [-0.39, 0.29) is 6.42 Å². The maximum atomic E-state index is 10.4. The molecule has 17 heavy (non-hydrogen) atoms. The van der Waals surface area contributed by atoms with Gasteiger partial charge in [0, 0.05) is 17.0 Å². The first-order valence-electron chi connectivity index (χ1n) is 4.92. The van der Waals surface area contributed by atoms with Gasteiger partial charge in [0.25, 0.3) is 0 Å². The number of rotatable bonds is 1. The summed E-state index contributed by atoms with van der Waals surface area (Å²) >= 11 is 5.96. The van der Waals surface area contributed by atoms with Crippen molar-refractivity contribution in [1.29, 1.82) is 0 Å². The molecule has 1 aromatic carbocycles. The van der Waals surface area contributed by atoms with Crippen LogP contribution >= 0.6 is 11.6 Å². The average molecular weight is 246 g/mol. The number of benzene rings is 1. The molecular weight excluding hydrogens is 238 g/mol. The van der Waals surface area contributed by atoms with Crippen LogP contribution in [-0.2, 0) is 4.79 Å². The van der Waals surface area contributed by atoms with Crippen LogP contribution in [0.5, 0.6) is 0 Å². The summed E-state index contributed by atoms with van der Waals surface area (Å²) in [7, 11) is 0. The van der Waals surface area contributed by atoms with E-state index < -0.39 is 5.97 Å². The van der Waals surface area contributed by atoms with Crippen LogP contribution in [0.4, 0.5) is 0 Å². The van der Waals surface area contributed by atoms with Gasteiger partial charge in [-0.1, -0.05) is 47.7 Å². The number of nitrogens with zero attached hydrogens (tertiary/aromatic N) is 1. The monoisotopic (exact) mass is 245 g/mol. The first-order valence-corrected chi connectivity index (χ1v) is 5.30. The molecular formula is C13H8ClNO2. The van der Waals surface area contributed by atoms with E-state index in [1.807, 2.05) is 24.3 Å². The third-order valence-electron chi connectivity index (χ3n) is 2.21. The molecule has 1 heterocycles. The Hall–Kier alpha value is -2.05. The summed E-state index contributed by atoms with van der Waals surface area (Å²) in [5.41, 5.74) is 0.686. The van der Waals surface area contributed by atoms with Crippen molar-refractivity contribution < 1.29 is 9.90 Å². The molecule has 2 rings (SSSR count). The molecule has 0 spiro atoms. The van der Waals surface area contributed by atoms with Crippen molar-refractivity contribution in [2.45, 2.75) is 6.42 Å². The summed E-state index contributed by atoms with van der Waals surface area (Å²) in [5, 5.41) is 10.6. The summed E-state index contributed by atoms with van der Waals surface area (Å²) in [6, 6.07) is 7.48. The second kappa shape index (κ2) is 4.86. The van der Waals surface area contributed by atoms with Gasteiger partial charge in [0.15, 0.2) is 0 Å². The Morgan fingerprint density at radius 3 is 2.76 bits per heavy atom. The largest absolute Gasteiger partial charge is 0.481 e. The van der Waals surface area contributed by atoms with Gasteiger partial charge in [0.05, 0.1) is 5.56 Å². The lowest BCUT2D eigenvalue weighted by atomic mass is 10.1. The lowest BCUT2D eigenvalue weighted by Crippen LogP contribution is -1.90. The smallest absolute Gasteiger partial charge is 0.315 e. The Labute approximate surface area is 103 Å². The number of carboxylic acids is 1. The van der Waals surface area contributed by atoms with Crippen LogP contribution in [0, 0.1) is 11.8 Å². The van der Waals surface area contributed by atoms with E-state index in [9.17, 15) is 4.79 Å². The van der Waals surface area contributed by atoms with E-state index in [1.165, 1.54) is 0 Å². The Morgan fingerprint density at radius 1 is 1.35 bits per heavy atom. The number of carboxylic acid groups (broad SMARTS) is 1. The molecule has 0 bridgehead atoms. The quantitative estimate of drug-likeness (QED) is 0.621. The molecule has 1 aromatic heterocycles. The van der Waals surface area contributed by atoms with Crippen molar-refractivity contribution in [2.75, 3.05) is 0 Å². The van der Waals surface area contributed by atoms with Gasteiger partial charge < -0.3 is 5.11 Å². The predicted octanol–water partition coefficient (Wildman–Crippen LogP) is 2.71. The molecule has 84 valence electrons. The molecule has 0 fully saturated rings. The van der Waals surface area contributed by atoms with Gasteiger partial charge in [0.1, 0.15) is 11.6 Å². The van der Waals surface area contributed by atoms with E-state index >= 15 is 0 Å². The molecule has 0 radical (unpaired) electrons. The van der Waals surface area contributed by atoms with Gasteiger partial charge in [-0.25, -0.2) is 4.98 Å². The topological polar surface area (TPSA) is 50.2 Å². The van der Waals surface area contributed by atoms with Crippen LogP contribution < -0.4 is 0 Å². The van der Waals surface area contributed by atoms with E-state index in [1.54, 1.807) is 6.20 Å². The summed E-state index contributed by atoms with van der Waals surface area (Å²) in [5.74, 6) is 4.43. The second-order valence-corrected chi connectivity index (χ2v) is 3.74. The van der Waals surface area contributed by atoms with E-state index in [2.05, 4.69) is 16.8 Å². The molecule has 2 aromatic rings. The SMILES string of the molecule is O=C(O)CC#Cc1cnc(Cl)c2ccccc12. The van der Waals surface area contributed by atoms with Crippen LogP contribution in [0.25, 0.3) is 10.8 Å². The minimum Gasteiger partial charge on any atom is -0.481 e. The van der Waals surface area contributed by atoms with Crippen molar-refractivity contribution >= 4 is 28.3 Å². The Morgan fingerprint density at radius 2 is 2.06 bits per heavy atom. The third-order valence-corrected chi connectivity index (χ3v) is 2.51. The van der Waals surface area contributed by atoms with E-state index in [0.717, 1.165) is 10.8 Å². The van der Waals surface area contributed by atoms with Gasteiger partial charge in [-0.3, -0.25) is 4.79 Å². The number of hydrogen-bond donors (Lipinski definition) is 1. The summed E-state index contributed by atoms with van der Waals surface area (Å²) in [6.45, 7) is 0. The van der Waals surface area contributed by atoms with E-state index in [0.29, 0.717) is 10.7 Å². The summed E-state index contributed by atoms with van der Waals surface area (Å²) in [6.07, 6.45) is 1.37. The van der Waals surface area contributed by atoms with Gasteiger partial charge in [0.2, 0.25) is 0 Å². The second-order valence-electron chi connectivity index (χ2n) is 3.38. The zero-order chi connectivity index (χ0) is 12.3. The Kier molecular flexibility index (Phi) is 3.27. The molecule has 0 aliphatic heterocycles. The fourth-order valence-corrected chi connectivity index (χ4v) is 1.69. The van der Waals surface area contributed by atoms with Crippen molar-refractivity contribution in [3.63, 3.8) is 0 Å². The van der Waals surface area contributed by atoms with Crippen LogP contribution in [0.2, 0.25) is 5.15 Å². The van der Waals surface area contributed by atoms with Crippen LogP contribution in [0.1, 0.15) is 12.0 Å². The fraction of sp³-hybridized carbons (Fsp3) is 0.0769. The lowest BCUT2D eigenvalue weighted by molar-refractivity contribution is -0.135. The minimum atomic E-state index is -0.941. The van der Waals surface area contributed by atoms with E-state index in [4.69, 9.17) is 16.7 Å². The maximum Gasteiger partial charge on any atom is 0.315 e. The number of aromatic nitrogens is 1.